The van der Waals surface area contributed by atoms with E-state index >= 15 is 0 Å². The molecule has 0 bridgehead atoms. The van der Waals surface area contributed by atoms with Crippen LogP contribution < -0.4 is 11.1 Å². The zero-order valence-corrected chi connectivity index (χ0v) is 10.8. The third-order valence-electron chi connectivity index (χ3n) is 3.06. The molecular weight excluding hydrogens is 218 g/mol. The summed E-state index contributed by atoms with van der Waals surface area (Å²) in [6.07, 6.45) is 7.76. The van der Waals surface area contributed by atoms with E-state index in [0.717, 1.165) is 12.4 Å². The highest BCUT2D eigenvalue weighted by atomic mass is 32.1. The predicted octanol–water partition coefficient (Wildman–Crippen LogP) is 3.59. The van der Waals surface area contributed by atoms with E-state index < -0.39 is 0 Å². The molecule has 0 saturated heterocycles. The number of anilines is 2. The molecule has 1 aromatic heterocycles. The van der Waals surface area contributed by atoms with Crippen molar-refractivity contribution in [2.24, 2.45) is 0 Å². The Morgan fingerprint density at radius 2 is 2.19 bits per heavy atom. The van der Waals surface area contributed by atoms with E-state index in [9.17, 15) is 0 Å². The molecule has 0 amide bonds. The van der Waals surface area contributed by atoms with Gasteiger partial charge in [-0.2, -0.15) is 4.37 Å². The number of unbranched alkanes of at least 4 members (excludes halogenated alkanes) is 3. The maximum atomic E-state index is 5.89. The summed E-state index contributed by atoms with van der Waals surface area (Å²) in [7, 11) is 0. The van der Waals surface area contributed by atoms with Crippen molar-refractivity contribution >= 4 is 22.4 Å². The van der Waals surface area contributed by atoms with E-state index in [1.165, 1.54) is 60.6 Å². The van der Waals surface area contributed by atoms with Gasteiger partial charge < -0.3 is 11.1 Å². The summed E-state index contributed by atoms with van der Waals surface area (Å²) in [6.45, 7) is 3.30. The second-order valence-corrected chi connectivity index (χ2v) is 5.35. The van der Waals surface area contributed by atoms with Crippen LogP contribution in [0.1, 0.15) is 56.9 Å². The lowest BCUT2D eigenvalue weighted by Crippen LogP contribution is -2.02. The van der Waals surface area contributed by atoms with Crippen LogP contribution in [0.15, 0.2) is 0 Å². The first-order chi connectivity index (χ1) is 7.83. The highest BCUT2D eigenvalue weighted by Gasteiger charge is 2.30. The van der Waals surface area contributed by atoms with Crippen LogP contribution in [0.5, 0.6) is 0 Å². The summed E-state index contributed by atoms with van der Waals surface area (Å²) in [5.41, 5.74) is 7.19. The summed E-state index contributed by atoms with van der Waals surface area (Å²) in [4.78, 5) is 0. The molecule has 0 aromatic carbocycles. The van der Waals surface area contributed by atoms with E-state index in [-0.39, 0.29) is 0 Å². The van der Waals surface area contributed by atoms with Crippen LogP contribution in [-0.2, 0) is 0 Å². The molecular formula is C12H21N3S. The maximum Gasteiger partial charge on any atom is 0.142 e. The fourth-order valence-electron chi connectivity index (χ4n) is 1.96. The van der Waals surface area contributed by atoms with Gasteiger partial charge in [-0.05, 0) is 36.7 Å². The minimum Gasteiger partial charge on any atom is -0.383 e. The average molecular weight is 239 g/mol. The molecule has 0 unspecified atom stereocenters. The molecule has 1 fully saturated rings. The number of aromatic nitrogens is 1. The lowest BCUT2D eigenvalue weighted by molar-refractivity contribution is 0.685. The first kappa shape index (κ1) is 11.7. The van der Waals surface area contributed by atoms with Crippen LogP contribution in [-0.4, -0.2) is 10.9 Å². The van der Waals surface area contributed by atoms with Crippen LogP contribution in [0.2, 0.25) is 0 Å². The summed E-state index contributed by atoms with van der Waals surface area (Å²) < 4.78 is 4.25. The molecule has 0 aliphatic heterocycles. The Morgan fingerprint density at radius 1 is 1.38 bits per heavy atom. The van der Waals surface area contributed by atoms with Crippen molar-refractivity contribution in [1.82, 2.24) is 4.37 Å². The number of nitrogens with two attached hydrogens (primary N) is 1. The Labute approximate surface area is 102 Å². The van der Waals surface area contributed by atoms with E-state index in [2.05, 4.69) is 16.6 Å². The molecule has 90 valence electrons. The normalized spacial score (nSPS) is 15.3. The third kappa shape index (κ3) is 2.88. The van der Waals surface area contributed by atoms with Crippen LogP contribution >= 0.6 is 11.5 Å². The summed E-state index contributed by atoms with van der Waals surface area (Å²) in [5.74, 6) is 1.44. The second kappa shape index (κ2) is 5.53. The van der Waals surface area contributed by atoms with Crippen molar-refractivity contribution in [3.8, 4) is 0 Å². The average Bonchev–Trinajstić information content (AvgIpc) is 3.04. The molecule has 1 heterocycles. The van der Waals surface area contributed by atoms with Crippen molar-refractivity contribution in [2.45, 2.75) is 51.4 Å². The molecule has 2 rings (SSSR count). The molecule has 3 nitrogen and oxygen atoms in total. The van der Waals surface area contributed by atoms with Crippen molar-refractivity contribution in [1.29, 1.82) is 0 Å². The Kier molecular flexibility index (Phi) is 4.04. The largest absolute Gasteiger partial charge is 0.383 e. The predicted molar refractivity (Wildman–Crippen MR) is 71.1 cm³/mol. The van der Waals surface area contributed by atoms with Crippen LogP contribution in [0.3, 0.4) is 0 Å². The second-order valence-electron chi connectivity index (χ2n) is 4.57. The van der Waals surface area contributed by atoms with Gasteiger partial charge in [-0.25, -0.2) is 0 Å². The van der Waals surface area contributed by atoms with Crippen molar-refractivity contribution in [2.75, 3.05) is 17.6 Å². The Balaban J connectivity index is 1.80. The third-order valence-corrected chi connectivity index (χ3v) is 3.89. The maximum absolute atomic E-state index is 5.89. The van der Waals surface area contributed by atoms with E-state index in [1.807, 2.05) is 0 Å². The van der Waals surface area contributed by atoms with Crippen LogP contribution in [0.4, 0.5) is 10.8 Å². The molecule has 1 aliphatic rings. The van der Waals surface area contributed by atoms with Gasteiger partial charge in [-0.15, -0.1) is 0 Å². The lowest BCUT2D eigenvalue weighted by atomic mass is 10.2. The molecule has 16 heavy (non-hydrogen) atoms. The van der Waals surface area contributed by atoms with Crippen LogP contribution in [0, 0.1) is 0 Å². The Hall–Kier alpha value is -0.770. The van der Waals surface area contributed by atoms with Crippen molar-refractivity contribution < 1.29 is 0 Å². The summed E-state index contributed by atoms with van der Waals surface area (Å²) >= 11 is 1.52. The zero-order valence-electron chi connectivity index (χ0n) is 9.96. The molecule has 1 saturated carbocycles. The minimum atomic E-state index is 0.692. The number of nitrogens with one attached hydrogen (secondary N) is 1. The smallest absolute Gasteiger partial charge is 0.142 e. The van der Waals surface area contributed by atoms with Gasteiger partial charge in [0.2, 0.25) is 0 Å². The highest BCUT2D eigenvalue weighted by Crippen LogP contribution is 2.47. The fraction of sp³-hybridized carbons (Fsp3) is 0.750. The van der Waals surface area contributed by atoms with Gasteiger partial charge in [0.05, 0.1) is 0 Å². The molecule has 4 heteroatoms. The first-order valence-corrected chi connectivity index (χ1v) is 7.09. The number of hydrogen-bond donors (Lipinski definition) is 2. The SMILES string of the molecule is CCCCCCNc1snc(N)c1C1CC1. The molecule has 3 N–H and O–H groups in total. The standard InChI is InChI=1S/C12H21N3S/c1-2-3-4-5-8-14-12-10(9-6-7-9)11(13)15-16-12/h9,14H,2-8H2,1H3,(H2,13,15). The number of hydrogen-bond acceptors (Lipinski definition) is 4. The highest BCUT2D eigenvalue weighted by molar-refractivity contribution is 7.10. The topological polar surface area (TPSA) is 50.9 Å². The van der Waals surface area contributed by atoms with Gasteiger partial charge in [0.1, 0.15) is 10.8 Å². The van der Waals surface area contributed by atoms with Gasteiger partial charge in [0.15, 0.2) is 0 Å². The van der Waals surface area contributed by atoms with Gasteiger partial charge in [-0.3, -0.25) is 0 Å². The summed E-state index contributed by atoms with van der Waals surface area (Å²) in [5, 5.41) is 4.71. The van der Waals surface area contributed by atoms with Gasteiger partial charge in [0, 0.05) is 12.1 Å². The summed E-state index contributed by atoms with van der Waals surface area (Å²) in [6, 6.07) is 0. The van der Waals surface area contributed by atoms with Crippen molar-refractivity contribution in [3.63, 3.8) is 0 Å². The molecule has 0 atom stereocenters. The van der Waals surface area contributed by atoms with E-state index in [4.69, 9.17) is 5.73 Å². The van der Waals surface area contributed by atoms with Crippen molar-refractivity contribution in [3.05, 3.63) is 5.56 Å². The fourth-order valence-corrected chi connectivity index (χ4v) is 2.78. The minimum absolute atomic E-state index is 0.692. The number of rotatable bonds is 7. The Morgan fingerprint density at radius 3 is 2.88 bits per heavy atom. The van der Waals surface area contributed by atoms with Gasteiger partial charge in [-0.1, -0.05) is 26.2 Å². The monoisotopic (exact) mass is 239 g/mol. The quantitative estimate of drug-likeness (QED) is 0.715. The lowest BCUT2D eigenvalue weighted by Gasteiger charge is -2.05. The van der Waals surface area contributed by atoms with Gasteiger partial charge >= 0.3 is 0 Å². The Bertz CT molecular complexity index is 331. The van der Waals surface area contributed by atoms with Crippen LogP contribution in [0.25, 0.3) is 0 Å². The number of nitrogens with zero attached hydrogens (tertiary/aromatic N) is 1. The molecule has 1 aromatic rings. The van der Waals surface area contributed by atoms with E-state index in [1.54, 1.807) is 0 Å². The van der Waals surface area contributed by atoms with Gasteiger partial charge in [0.25, 0.3) is 0 Å². The molecule has 1 aliphatic carbocycles. The molecule has 0 spiro atoms. The zero-order chi connectivity index (χ0) is 11.4. The van der Waals surface area contributed by atoms with E-state index in [0.29, 0.717) is 5.92 Å². The molecule has 0 radical (unpaired) electrons. The number of nitrogen functional groups attached to an aromatic ring is 1. The first-order valence-electron chi connectivity index (χ1n) is 6.31.